The maximum atomic E-state index is 13.0. The van der Waals surface area contributed by atoms with Crippen LogP contribution >= 0.6 is 35.6 Å². The van der Waals surface area contributed by atoms with Crippen LogP contribution in [0.1, 0.15) is 17.0 Å². The molecule has 0 saturated carbocycles. The Morgan fingerprint density at radius 2 is 1.68 bits per heavy atom. The number of nitro benzene ring substituents is 1. The molecule has 3 aromatic rings. The highest BCUT2D eigenvalue weighted by Gasteiger charge is 2.33. The highest BCUT2D eigenvalue weighted by Crippen LogP contribution is 2.37. The van der Waals surface area contributed by atoms with Crippen LogP contribution < -0.4 is 4.90 Å². The zero-order chi connectivity index (χ0) is 22.3. The fourth-order valence-electron chi connectivity index (χ4n) is 3.48. The van der Waals surface area contributed by atoms with Gasteiger partial charge in [0.25, 0.3) is 11.6 Å². The smallest absolute Gasteiger partial charge is 0.270 e. The predicted octanol–water partition coefficient (Wildman–Crippen LogP) is 6.06. The molecule has 0 aliphatic carbocycles. The number of carbonyl (C=O) groups is 1. The van der Waals surface area contributed by atoms with Crippen LogP contribution in [-0.4, -0.2) is 19.7 Å². The molecule has 2 aromatic carbocycles. The summed E-state index contributed by atoms with van der Waals surface area (Å²) in [6.07, 6.45) is 1.83. The van der Waals surface area contributed by atoms with Gasteiger partial charge in [-0.25, -0.2) is 0 Å². The first-order chi connectivity index (χ1) is 14.8. The average Bonchev–Trinajstić information content (AvgIpc) is 3.17. The van der Waals surface area contributed by atoms with E-state index in [-0.39, 0.29) is 11.6 Å². The lowest BCUT2D eigenvalue weighted by Crippen LogP contribution is -2.27. The largest absolute Gasteiger partial charge is 0.318 e. The Morgan fingerprint density at radius 1 is 1.06 bits per heavy atom. The molecule has 31 heavy (non-hydrogen) atoms. The maximum absolute atomic E-state index is 13.0. The molecule has 2 heterocycles. The Morgan fingerprint density at radius 3 is 2.29 bits per heavy atom. The molecule has 1 aromatic heterocycles. The number of thiocarbonyl (C=S) groups is 1. The van der Waals surface area contributed by atoms with Gasteiger partial charge >= 0.3 is 0 Å². The molecular weight excluding hydrogens is 454 g/mol. The summed E-state index contributed by atoms with van der Waals surface area (Å²) in [5.74, 6) is -0.250. The number of nitrogens with zero attached hydrogens (tertiary/aromatic N) is 3. The average molecular weight is 470 g/mol. The topological polar surface area (TPSA) is 68.4 Å². The van der Waals surface area contributed by atoms with Crippen molar-refractivity contribution in [2.75, 3.05) is 4.90 Å². The Balaban J connectivity index is 1.66. The summed E-state index contributed by atoms with van der Waals surface area (Å²) >= 11 is 12.6. The second kappa shape index (κ2) is 8.30. The van der Waals surface area contributed by atoms with Crippen LogP contribution in [-0.2, 0) is 4.79 Å². The van der Waals surface area contributed by atoms with Crippen LogP contribution in [0.15, 0.2) is 59.5 Å². The van der Waals surface area contributed by atoms with E-state index in [2.05, 4.69) is 4.57 Å². The molecule has 9 heteroatoms. The molecule has 1 aliphatic heterocycles. The third-order valence-corrected chi connectivity index (χ3v) is 6.51. The molecule has 156 valence electrons. The normalized spacial score (nSPS) is 15.2. The number of anilines is 1. The van der Waals surface area contributed by atoms with E-state index in [1.165, 1.54) is 40.9 Å². The van der Waals surface area contributed by atoms with Gasteiger partial charge in [0.15, 0.2) is 4.32 Å². The Hall–Kier alpha value is -2.94. The quantitative estimate of drug-likeness (QED) is 0.201. The van der Waals surface area contributed by atoms with Crippen molar-refractivity contribution in [3.8, 4) is 5.69 Å². The van der Waals surface area contributed by atoms with Crippen molar-refractivity contribution in [3.05, 3.63) is 91.6 Å². The van der Waals surface area contributed by atoms with E-state index >= 15 is 0 Å². The van der Waals surface area contributed by atoms with Crippen LogP contribution in [0.25, 0.3) is 11.8 Å². The Bertz CT molecular complexity index is 1250. The lowest BCUT2D eigenvalue weighted by atomic mass is 10.2. The summed E-state index contributed by atoms with van der Waals surface area (Å²) in [5.41, 5.74) is 4.37. The Labute approximate surface area is 193 Å². The first kappa shape index (κ1) is 21.3. The van der Waals surface area contributed by atoms with Crippen molar-refractivity contribution in [3.63, 3.8) is 0 Å². The first-order valence-electron chi connectivity index (χ1n) is 9.23. The zero-order valence-corrected chi connectivity index (χ0v) is 18.9. The van der Waals surface area contributed by atoms with E-state index in [1.807, 2.05) is 50.3 Å². The molecule has 1 fully saturated rings. The van der Waals surface area contributed by atoms with Gasteiger partial charge in [0.05, 0.1) is 15.5 Å². The van der Waals surface area contributed by atoms with Gasteiger partial charge in [-0.15, -0.1) is 0 Å². The van der Waals surface area contributed by atoms with Crippen molar-refractivity contribution in [1.29, 1.82) is 0 Å². The van der Waals surface area contributed by atoms with Crippen molar-refractivity contribution >= 4 is 63.3 Å². The standard InChI is InChI=1S/C22H16ClN3O3S2/c1-13-11-15(14(2)24(13)17-5-3-16(23)4-6-17)12-20-21(27)25(22(30)31-20)18-7-9-19(10-8-18)26(28)29/h3-12H,1-2H3/b20-12-. The number of rotatable bonds is 4. The summed E-state index contributed by atoms with van der Waals surface area (Å²) in [6, 6.07) is 15.4. The van der Waals surface area contributed by atoms with Gasteiger partial charge < -0.3 is 4.57 Å². The summed E-state index contributed by atoms with van der Waals surface area (Å²) in [7, 11) is 0. The van der Waals surface area contributed by atoms with Crippen LogP contribution in [0.4, 0.5) is 11.4 Å². The van der Waals surface area contributed by atoms with Crippen molar-refractivity contribution in [2.24, 2.45) is 0 Å². The molecule has 1 amide bonds. The molecule has 0 spiro atoms. The van der Waals surface area contributed by atoms with Gasteiger partial charge in [0.1, 0.15) is 0 Å². The van der Waals surface area contributed by atoms with Gasteiger partial charge in [-0.1, -0.05) is 35.6 Å². The molecule has 0 unspecified atom stereocenters. The minimum absolute atomic E-state index is 0.0422. The number of halogens is 1. The first-order valence-corrected chi connectivity index (χ1v) is 10.8. The van der Waals surface area contributed by atoms with Crippen LogP contribution in [0.2, 0.25) is 5.02 Å². The fraction of sp³-hybridized carbons (Fsp3) is 0.0909. The van der Waals surface area contributed by atoms with E-state index in [0.29, 0.717) is 19.9 Å². The number of thioether (sulfide) groups is 1. The number of amides is 1. The third kappa shape index (κ3) is 4.01. The minimum atomic E-state index is -0.482. The Kier molecular flexibility index (Phi) is 5.70. The number of nitro groups is 1. The lowest BCUT2D eigenvalue weighted by molar-refractivity contribution is -0.384. The number of aryl methyl sites for hydroxylation is 1. The molecule has 6 nitrogen and oxygen atoms in total. The second-order valence-corrected chi connectivity index (χ2v) is 9.04. The van der Waals surface area contributed by atoms with Crippen molar-refractivity contribution in [1.82, 2.24) is 4.57 Å². The molecule has 0 atom stereocenters. The summed E-state index contributed by atoms with van der Waals surface area (Å²) < 4.78 is 2.48. The third-order valence-electron chi connectivity index (χ3n) is 4.95. The van der Waals surface area contributed by atoms with Crippen LogP contribution in [0.5, 0.6) is 0 Å². The molecule has 1 saturated heterocycles. The SMILES string of the molecule is Cc1cc(/C=C2\SC(=S)N(c3ccc([N+](=O)[O-])cc3)C2=O)c(C)n1-c1ccc(Cl)cc1. The van der Waals surface area contributed by atoms with E-state index < -0.39 is 4.92 Å². The number of aromatic nitrogens is 1. The van der Waals surface area contributed by atoms with E-state index in [4.69, 9.17) is 23.8 Å². The number of hydrogen-bond acceptors (Lipinski definition) is 5. The maximum Gasteiger partial charge on any atom is 0.270 e. The van der Waals surface area contributed by atoms with Gasteiger partial charge in [-0.2, -0.15) is 0 Å². The van der Waals surface area contributed by atoms with Gasteiger partial charge in [-0.05, 0) is 68.0 Å². The summed E-state index contributed by atoms with van der Waals surface area (Å²) in [4.78, 5) is 25.3. The van der Waals surface area contributed by atoms with Gasteiger partial charge in [-0.3, -0.25) is 19.8 Å². The summed E-state index contributed by atoms with van der Waals surface area (Å²) in [5, 5.41) is 11.5. The molecular formula is C22H16ClN3O3S2. The highest BCUT2D eigenvalue weighted by atomic mass is 35.5. The molecule has 4 rings (SSSR count). The molecule has 1 aliphatic rings. The van der Waals surface area contributed by atoms with Gasteiger partial charge in [0.2, 0.25) is 0 Å². The number of carbonyl (C=O) groups excluding carboxylic acids is 1. The number of benzene rings is 2. The van der Waals surface area contributed by atoms with Gasteiger partial charge in [0, 0.05) is 34.2 Å². The van der Waals surface area contributed by atoms with Crippen LogP contribution in [0.3, 0.4) is 0 Å². The number of non-ortho nitro benzene ring substituents is 1. The molecule has 0 N–H and O–H groups in total. The predicted molar refractivity (Wildman–Crippen MR) is 129 cm³/mol. The fourth-order valence-corrected chi connectivity index (χ4v) is 4.89. The minimum Gasteiger partial charge on any atom is -0.318 e. The van der Waals surface area contributed by atoms with Crippen molar-refractivity contribution < 1.29 is 9.72 Å². The second-order valence-electron chi connectivity index (χ2n) is 6.93. The lowest BCUT2D eigenvalue weighted by Gasteiger charge is -2.13. The summed E-state index contributed by atoms with van der Waals surface area (Å²) in [6.45, 7) is 3.99. The van der Waals surface area contributed by atoms with Crippen LogP contribution in [0, 0.1) is 24.0 Å². The monoisotopic (exact) mass is 469 g/mol. The zero-order valence-electron chi connectivity index (χ0n) is 16.5. The van der Waals surface area contributed by atoms with E-state index in [9.17, 15) is 14.9 Å². The van der Waals surface area contributed by atoms with E-state index in [1.54, 1.807) is 0 Å². The molecule has 0 bridgehead atoms. The highest BCUT2D eigenvalue weighted by molar-refractivity contribution is 8.27. The number of hydrogen-bond donors (Lipinski definition) is 0. The molecule has 0 radical (unpaired) electrons. The van der Waals surface area contributed by atoms with Crippen molar-refractivity contribution in [2.45, 2.75) is 13.8 Å². The van der Waals surface area contributed by atoms with E-state index in [0.717, 1.165) is 22.6 Å².